The first kappa shape index (κ1) is 15.3. The van der Waals surface area contributed by atoms with E-state index in [9.17, 15) is 4.79 Å². The predicted molar refractivity (Wildman–Crippen MR) is 85.2 cm³/mol. The fraction of sp³-hybridized carbons (Fsp3) is 0.941. The summed E-state index contributed by atoms with van der Waals surface area (Å²) in [6.45, 7) is 6.25. The van der Waals surface area contributed by atoms with Crippen molar-refractivity contribution in [2.75, 3.05) is 39.3 Å². The Morgan fingerprint density at radius 3 is 2.43 bits per heavy atom. The van der Waals surface area contributed by atoms with Gasteiger partial charge in [-0.1, -0.05) is 12.8 Å². The number of carbonyl (C=O) groups is 1. The molecular weight excluding hydrogens is 262 g/mol. The molecule has 1 N–H and O–H groups in total. The maximum atomic E-state index is 12.0. The van der Waals surface area contributed by atoms with Crippen molar-refractivity contribution in [3.8, 4) is 0 Å². The molecule has 2 saturated heterocycles. The molecule has 21 heavy (non-hydrogen) atoms. The highest BCUT2D eigenvalue weighted by Gasteiger charge is 2.27. The summed E-state index contributed by atoms with van der Waals surface area (Å²) in [6, 6.07) is 0.688. The molecular formula is C17H31N3O. The van der Waals surface area contributed by atoms with Crippen LogP contribution in [0.4, 0.5) is 0 Å². The van der Waals surface area contributed by atoms with Crippen molar-refractivity contribution in [3.63, 3.8) is 0 Å². The summed E-state index contributed by atoms with van der Waals surface area (Å²) in [5, 5.41) is 3.10. The van der Waals surface area contributed by atoms with E-state index in [0.717, 1.165) is 25.6 Å². The molecule has 1 amide bonds. The maximum Gasteiger partial charge on any atom is 0.234 e. The molecule has 1 atom stereocenters. The van der Waals surface area contributed by atoms with Gasteiger partial charge in [0.25, 0.3) is 0 Å². The summed E-state index contributed by atoms with van der Waals surface area (Å²) < 4.78 is 0. The average Bonchev–Trinajstić information content (AvgIpc) is 3.32. The number of hydrogen-bond donors (Lipinski definition) is 1. The van der Waals surface area contributed by atoms with Crippen LogP contribution in [0.1, 0.15) is 51.4 Å². The van der Waals surface area contributed by atoms with Gasteiger partial charge in [-0.2, -0.15) is 0 Å². The minimum Gasteiger partial charge on any atom is -0.355 e. The number of likely N-dealkylation sites (tertiary alicyclic amines) is 2. The molecule has 4 heteroatoms. The van der Waals surface area contributed by atoms with E-state index in [1.807, 2.05) is 0 Å². The summed E-state index contributed by atoms with van der Waals surface area (Å²) >= 11 is 0. The molecule has 120 valence electrons. The Balaban J connectivity index is 1.42. The normalized spacial score (nSPS) is 29.0. The molecule has 0 aromatic carbocycles. The Morgan fingerprint density at radius 1 is 0.952 bits per heavy atom. The lowest BCUT2D eigenvalue weighted by Crippen LogP contribution is -2.50. The van der Waals surface area contributed by atoms with E-state index in [4.69, 9.17) is 0 Å². The highest BCUT2D eigenvalue weighted by Crippen LogP contribution is 2.27. The summed E-state index contributed by atoms with van der Waals surface area (Å²) in [5.74, 6) is 1.01. The molecule has 3 aliphatic rings. The number of nitrogens with zero attached hydrogens (tertiary/aromatic N) is 2. The zero-order valence-electron chi connectivity index (χ0n) is 13.4. The summed E-state index contributed by atoms with van der Waals surface area (Å²) in [4.78, 5) is 17.1. The first-order valence-corrected chi connectivity index (χ1v) is 9.04. The second kappa shape index (κ2) is 7.59. The number of carbonyl (C=O) groups excluding carboxylic acids is 1. The Morgan fingerprint density at radius 2 is 1.71 bits per heavy atom. The van der Waals surface area contributed by atoms with E-state index in [-0.39, 0.29) is 5.91 Å². The largest absolute Gasteiger partial charge is 0.355 e. The van der Waals surface area contributed by atoms with Crippen molar-refractivity contribution < 1.29 is 4.79 Å². The SMILES string of the molecule is O=C(CN1CCC[C@H](N2CCCCCC2)C1)NCC1CC1. The lowest BCUT2D eigenvalue weighted by atomic mass is 10.0. The van der Waals surface area contributed by atoms with Crippen LogP contribution in [0.5, 0.6) is 0 Å². The van der Waals surface area contributed by atoms with Crippen molar-refractivity contribution in [2.24, 2.45) is 5.92 Å². The minimum absolute atomic E-state index is 0.235. The van der Waals surface area contributed by atoms with Gasteiger partial charge in [-0.3, -0.25) is 14.6 Å². The molecule has 0 spiro atoms. The number of rotatable bonds is 5. The molecule has 3 fully saturated rings. The lowest BCUT2D eigenvalue weighted by molar-refractivity contribution is -0.122. The molecule has 2 aliphatic heterocycles. The van der Waals surface area contributed by atoms with Crippen LogP contribution in [0.2, 0.25) is 0 Å². The fourth-order valence-corrected chi connectivity index (χ4v) is 3.77. The van der Waals surface area contributed by atoms with E-state index in [1.54, 1.807) is 0 Å². The van der Waals surface area contributed by atoms with Crippen LogP contribution in [0.3, 0.4) is 0 Å². The van der Waals surface area contributed by atoms with Crippen LogP contribution in [0.15, 0.2) is 0 Å². The third-order valence-corrected chi connectivity index (χ3v) is 5.29. The molecule has 1 saturated carbocycles. The zero-order valence-corrected chi connectivity index (χ0v) is 13.4. The van der Waals surface area contributed by atoms with E-state index in [2.05, 4.69) is 15.1 Å². The molecule has 3 rings (SSSR count). The number of amides is 1. The first-order chi connectivity index (χ1) is 10.3. The van der Waals surface area contributed by atoms with Gasteiger partial charge in [-0.05, 0) is 64.1 Å². The Hall–Kier alpha value is -0.610. The van der Waals surface area contributed by atoms with E-state index < -0.39 is 0 Å². The van der Waals surface area contributed by atoms with Crippen LogP contribution in [-0.2, 0) is 4.79 Å². The number of piperidine rings is 1. The van der Waals surface area contributed by atoms with Crippen molar-refractivity contribution >= 4 is 5.91 Å². The smallest absolute Gasteiger partial charge is 0.234 e. The van der Waals surface area contributed by atoms with Crippen LogP contribution in [0, 0.1) is 5.92 Å². The van der Waals surface area contributed by atoms with E-state index in [0.29, 0.717) is 12.6 Å². The zero-order chi connectivity index (χ0) is 14.5. The van der Waals surface area contributed by atoms with Gasteiger partial charge in [-0.25, -0.2) is 0 Å². The third kappa shape index (κ3) is 4.96. The quantitative estimate of drug-likeness (QED) is 0.840. The molecule has 0 aromatic heterocycles. The van der Waals surface area contributed by atoms with Gasteiger partial charge in [0, 0.05) is 19.1 Å². The van der Waals surface area contributed by atoms with Crippen LogP contribution in [-0.4, -0.2) is 61.0 Å². The monoisotopic (exact) mass is 293 g/mol. The van der Waals surface area contributed by atoms with Crippen LogP contribution >= 0.6 is 0 Å². The van der Waals surface area contributed by atoms with E-state index >= 15 is 0 Å². The van der Waals surface area contributed by atoms with Gasteiger partial charge >= 0.3 is 0 Å². The fourth-order valence-electron chi connectivity index (χ4n) is 3.77. The van der Waals surface area contributed by atoms with Crippen LogP contribution in [0.25, 0.3) is 0 Å². The molecule has 1 aliphatic carbocycles. The second-order valence-corrected chi connectivity index (χ2v) is 7.23. The molecule has 2 heterocycles. The standard InChI is InChI=1S/C17H31N3O/c21-17(18-12-15-7-8-15)14-19-9-5-6-16(13-19)20-10-3-1-2-4-11-20/h15-16H,1-14H2,(H,18,21)/t16-/m0/s1. The maximum absolute atomic E-state index is 12.0. The first-order valence-electron chi connectivity index (χ1n) is 9.04. The average molecular weight is 293 g/mol. The molecule has 0 unspecified atom stereocenters. The Bertz CT molecular complexity index is 335. The Labute approximate surface area is 129 Å². The highest BCUT2D eigenvalue weighted by atomic mass is 16.2. The van der Waals surface area contributed by atoms with Gasteiger partial charge in [0.2, 0.25) is 5.91 Å². The van der Waals surface area contributed by atoms with Crippen molar-refractivity contribution in [1.29, 1.82) is 0 Å². The van der Waals surface area contributed by atoms with Gasteiger partial charge in [0.1, 0.15) is 0 Å². The second-order valence-electron chi connectivity index (χ2n) is 7.23. The summed E-state index contributed by atoms with van der Waals surface area (Å²) in [7, 11) is 0. The number of hydrogen-bond acceptors (Lipinski definition) is 3. The van der Waals surface area contributed by atoms with Crippen molar-refractivity contribution in [2.45, 2.75) is 57.4 Å². The number of nitrogens with one attached hydrogen (secondary N) is 1. The van der Waals surface area contributed by atoms with Crippen molar-refractivity contribution in [1.82, 2.24) is 15.1 Å². The van der Waals surface area contributed by atoms with E-state index in [1.165, 1.54) is 64.5 Å². The van der Waals surface area contributed by atoms with Crippen LogP contribution < -0.4 is 5.32 Å². The summed E-state index contributed by atoms with van der Waals surface area (Å²) in [6.07, 6.45) is 10.7. The van der Waals surface area contributed by atoms with Gasteiger partial charge in [0.05, 0.1) is 6.54 Å². The highest BCUT2D eigenvalue weighted by molar-refractivity contribution is 5.78. The third-order valence-electron chi connectivity index (χ3n) is 5.29. The lowest BCUT2D eigenvalue weighted by Gasteiger charge is -2.38. The molecule has 0 aromatic rings. The van der Waals surface area contributed by atoms with Gasteiger partial charge in [-0.15, -0.1) is 0 Å². The van der Waals surface area contributed by atoms with Crippen molar-refractivity contribution in [3.05, 3.63) is 0 Å². The minimum atomic E-state index is 0.235. The van der Waals surface area contributed by atoms with Gasteiger partial charge in [0.15, 0.2) is 0 Å². The molecule has 0 radical (unpaired) electrons. The predicted octanol–water partition coefficient (Wildman–Crippen LogP) is 1.85. The molecule has 4 nitrogen and oxygen atoms in total. The Kier molecular flexibility index (Phi) is 5.53. The molecule has 0 bridgehead atoms. The topological polar surface area (TPSA) is 35.6 Å². The summed E-state index contributed by atoms with van der Waals surface area (Å²) in [5.41, 5.74) is 0. The van der Waals surface area contributed by atoms with Gasteiger partial charge < -0.3 is 5.32 Å².